The molecule has 1 heterocycles. The van der Waals surface area contributed by atoms with Gasteiger partial charge in [0.15, 0.2) is 11.6 Å². The summed E-state index contributed by atoms with van der Waals surface area (Å²) in [5.41, 5.74) is 5.92. The van der Waals surface area contributed by atoms with Gasteiger partial charge in [-0.2, -0.15) is 0 Å². The van der Waals surface area contributed by atoms with Crippen molar-refractivity contribution >= 4 is 22.9 Å². The van der Waals surface area contributed by atoms with Gasteiger partial charge in [-0.3, -0.25) is 4.79 Å². The predicted octanol–water partition coefficient (Wildman–Crippen LogP) is 1.42. The van der Waals surface area contributed by atoms with Crippen LogP contribution in [0.4, 0.5) is 14.7 Å². The molecule has 2 rings (SSSR count). The van der Waals surface area contributed by atoms with Crippen LogP contribution in [0.25, 0.3) is 11.0 Å². The van der Waals surface area contributed by atoms with Crippen molar-refractivity contribution in [2.45, 2.75) is 19.9 Å². The highest BCUT2D eigenvalue weighted by Crippen LogP contribution is 2.23. The van der Waals surface area contributed by atoms with Gasteiger partial charge in [-0.1, -0.05) is 0 Å². The number of amides is 1. The van der Waals surface area contributed by atoms with E-state index in [1.54, 1.807) is 6.92 Å². The first-order valence-electron chi connectivity index (χ1n) is 5.91. The van der Waals surface area contributed by atoms with Crippen molar-refractivity contribution in [2.75, 3.05) is 12.3 Å². The fourth-order valence-electron chi connectivity index (χ4n) is 1.90. The van der Waals surface area contributed by atoms with E-state index >= 15 is 0 Å². The van der Waals surface area contributed by atoms with Crippen molar-refractivity contribution < 1.29 is 13.6 Å². The second-order valence-electron chi connectivity index (χ2n) is 4.05. The molecule has 0 saturated carbocycles. The first kappa shape index (κ1) is 13.3. The van der Waals surface area contributed by atoms with Gasteiger partial charge in [0.05, 0.1) is 5.52 Å². The molecule has 0 aliphatic heterocycles. The molecule has 1 aromatic carbocycles. The number of aromatic nitrogens is 2. The minimum Gasteiger partial charge on any atom is -0.369 e. The number of anilines is 1. The standard InChI is InChI=1S/C12H14F2N4O/c1-2-16-9(19)5-6-18-11-8(17-12(18)15)4-3-7(13)10(11)14/h3-4H,2,5-6H2,1H3,(H2,15,17)(H,16,19). The molecule has 0 bridgehead atoms. The number of benzene rings is 1. The van der Waals surface area contributed by atoms with Gasteiger partial charge in [-0.15, -0.1) is 0 Å². The molecule has 0 unspecified atom stereocenters. The molecule has 0 spiro atoms. The molecule has 5 nitrogen and oxygen atoms in total. The molecular weight excluding hydrogens is 254 g/mol. The molecule has 0 atom stereocenters. The number of nitrogens with two attached hydrogens (primary N) is 1. The number of nitrogens with zero attached hydrogens (tertiary/aromatic N) is 2. The number of carbonyl (C=O) groups excluding carboxylic acids is 1. The Morgan fingerprint density at radius 2 is 2.21 bits per heavy atom. The number of nitrogens with one attached hydrogen (secondary N) is 1. The average Bonchev–Trinajstić information content (AvgIpc) is 2.69. The Kier molecular flexibility index (Phi) is 3.64. The third-order valence-electron chi connectivity index (χ3n) is 2.77. The molecule has 1 amide bonds. The van der Waals surface area contributed by atoms with Gasteiger partial charge in [0, 0.05) is 19.5 Å². The summed E-state index contributed by atoms with van der Waals surface area (Å²) in [4.78, 5) is 15.3. The van der Waals surface area contributed by atoms with Gasteiger partial charge in [0.1, 0.15) is 5.52 Å². The van der Waals surface area contributed by atoms with E-state index in [-0.39, 0.29) is 35.9 Å². The van der Waals surface area contributed by atoms with E-state index in [0.29, 0.717) is 6.54 Å². The summed E-state index contributed by atoms with van der Waals surface area (Å²) < 4.78 is 28.3. The molecule has 0 radical (unpaired) electrons. The lowest BCUT2D eigenvalue weighted by molar-refractivity contribution is -0.121. The van der Waals surface area contributed by atoms with E-state index in [9.17, 15) is 13.6 Å². The summed E-state index contributed by atoms with van der Waals surface area (Å²) in [5.74, 6) is -2.09. The summed E-state index contributed by atoms with van der Waals surface area (Å²) in [7, 11) is 0. The number of halogens is 2. The molecule has 0 fully saturated rings. The molecule has 2 aromatic rings. The molecular formula is C12H14F2N4O. The highest BCUT2D eigenvalue weighted by molar-refractivity contribution is 5.80. The minimum absolute atomic E-state index is 0.0122. The van der Waals surface area contributed by atoms with E-state index in [1.165, 1.54) is 10.6 Å². The van der Waals surface area contributed by atoms with E-state index in [1.807, 2.05) is 0 Å². The van der Waals surface area contributed by atoms with Crippen LogP contribution in [0.5, 0.6) is 0 Å². The summed E-state index contributed by atoms with van der Waals surface area (Å²) >= 11 is 0. The van der Waals surface area contributed by atoms with E-state index in [2.05, 4.69) is 10.3 Å². The zero-order valence-corrected chi connectivity index (χ0v) is 10.4. The second kappa shape index (κ2) is 5.21. The predicted molar refractivity (Wildman–Crippen MR) is 67.4 cm³/mol. The Morgan fingerprint density at radius 3 is 2.89 bits per heavy atom. The van der Waals surface area contributed by atoms with Gasteiger partial charge in [0.25, 0.3) is 0 Å². The van der Waals surface area contributed by atoms with Crippen LogP contribution in [-0.4, -0.2) is 22.0 Å². The van der Waals surface area contributed by atoms with Crippen molar-refractivity contribution in [1.82, 2.24) is 14.9 Å². The normalized spacial score (nSPS) is 10.9. The van der Waals surface area contributed by atoms with Crippen LogP contribution in [0.2, 0.25) is 0 Å². The SMILES string of the molecule is CCNC(=O)CCn1c(N)nc2ccc(F)c(F)c21. The molecule has 0 saturated heterocycles. The number of aryl methyl sites for hydroxylation is 1. The highest BCUT2D eigenvalue weighted by atomic mass is 19.2. The first-order chi connectivity index (χ1) is 9.04. The summed E-state index contributed by atoms with van der Waals surface area (Å²) in [6.45, 7) is 2.46. The Morgan fingerprint density at radius 1 is 1.47 bits per heavy atom. The number of rotatable bonds is 4. The maximum Gasteiger partial charge on any atom is 0.221 e. The zero-order valence-electron chi connectivity index (χ0n) is 10.4. The minimum atomic E-state index is -1.00. The van der Waals surface area contributed by atoms with Crippen molar-refractivity contribution in [3.8, 4) is 0 Å². The summed E-state index contributed by atoms with van der Waals surface area (Å²) in [6, 6.07) is 2.35. The number of imidazole rings is 1. The lowest BCUT2D eigenvalue weighted by Gasteiger charge is -2.07. The molecule has 1 aromatic heterocycles. The Labute approximate surface area is 108 Å². The van der Waals surface area contributed by atoms with Crippen LogP contribution in [0.1, 0.15) is 13.3 Å². The van der Waals surface area contributed by atoms with Gasteiger partial charge in [0.2, 0.25) is 11.9 Å². The van der Waals surface area contributed by atoms with E-state index in [4.69, 9.17) is 5.73 Å². The average molecular weight is 268 g/mol. The Hall–Kier alpha value is -2.18. The lowest BCUT2D eigenvalue weighted by Crippen LogP contribution is -2.24. The monoisotopic (exact) mass is 268 g/mol. The van der Waals surface area contributed by atoms with Crippen LogP contribution in [-0.2, 0) is 11.3 Å². The van der Waals surface area contributed by atoms with Crippen LogP contribution < -0.4 is 11.1 Å². The number of carbonyl (C=O) groups is 1. The fourth-order valence-corrected chi connectivity index (χ4v) is 1.90. The molecule has 19 heavy (non-hydrogen) atoms. The second-order valence-corrected chi connectivity index (χ2v) is 4.05. The first-order valence-corrected chi connectivity index (χ1v) is 5.91. The van der Waals surface area contributed by atoms with Crippen molar-refractivity contribution in [2.24, 2.45) is 0 Å². The molecule has 0 aliphatic rings. The van der Waals surface area contributed by atoms with E-state index in [0.717, 1.165) is 6.07 Å². The lowest BCUT2D eigenvalue weighted by atomic mass is 10.3. The molecule has 0 aliphatic carbocycles. The highest BCUT2D eigenvalue weighted by Gasteiger charge is 2.16. The van der Waals surface area contributed by atoms with Crippen LogP contribution in [0.15, 0.2) is 12.1 Å². The molecule has 7 heteroatoms. The number of hydrogen-bond donors (Lipinski definition) is 2. The maximum absolute atomic E-state index is 13.8. The van der Waals surface area contributed by atoms with Crippen molar-refractivity contribution in [1.29, 1.82) is 0 Å². The van der Waals surface area contributed by atoms with Crippen LogP contribution in [0.3, 0.4) is 0 Å². The smallest absolute Gasteiger partial charge is 0.221 e. The number of hydrogen-bond acceptors (Lipinski definition) is 3. The largest absolute Gasteiger partial charge is 0.369 e. The molecule has 3 N–H and O–H groups in total. The zero-order chi connectivity index (χ0) is 14.0. The Bertz CT molecular complexity index is 624. The van der Waals surface area contributed by atoms with Crippen LogP contribution in [0, 0.1) is 11.6 Å². The third kappa shape index (κ3) is 2.49. The van der Waals surface area contributed by atoms with Gasteiger partial charge in [-0.05, 0) is 19.1 Å². The number of nitrogen functional groups attached to an aromatic ring is 1. The van der Waals surface area contributed by atoms with Gasteiger partial charge >= 0.3 is 0 Å². The van der Waals surface area contributed by atoms with Crippen LogP contribution >= 0.6 is 0 Å². The van der Waals surface area contributed by atoms with Crippen molar-refractivity contribution in [3.63, 3.8) is 0 Å². The third-order valence-corrected chi connectivity index (χ3v) is 2.77. The van der Waals surface area contributed by atoms with Gasteiger partial charge < -0.3 is 15.6 Å². The topological polar surface area (TPSA) is 72.9 Å². The summed E-state index contributed by atoms with van der Waals surface area (Å²) in [6.07, 6.45) is 0.124. The maximum atomic E-state index is 13.8. The quantitative estimate of drug-likeness (QED) is 0.880. The summed E-state index contributed by atoms with van der Waals surface area (Å²) in [5, 5.41) is 2.62. The Balaban J connectivity index is 2.34. The van der Waals surface area contributed by atoms with E-state index < -0.39 is 11.6 Å². The fraction of sp³-hybridized carbons (Fsp3) is 0.333. The van der Waals surface area contributed by atoms with Crippen molar-refractivity contribution in [3.05, 3.63) is 23.8 Å². The molecule has 102 valence electrons. The van der Waals surface area contributed by atoms with Gasteiger partial charge in [-0.25, -0.2) is 13.8 Å². The number of fused-ring (bicyclic) bond motifs is 1.